The van der Waals surface area contributed by atoms with E-state index in [1.807, 2.05) is 36.1 Å². The summed E-state index contributed by atoms with van der Waals surface area (Å²) in [6.45, 7) is 4.46. The van der Waals surface area contributed by atoms with Gasteiger partial charge in [0.2, 0.25) is 5.90 Å². The number of ether oxygens (including phenoxy) is 2. The zero-order valence-electron chi connectivity index (χ0n) is 11.6. The minimum Gasteiger partial charge on any atom is -0.402 e. The molecule has 2 heterocycles. The van der Waals surface area contributed by atoms with Gasteiger partial charge in [0, 0.05) is 18.7 Å². The molecule has 2 aliphatic heterocycles. The normalized spacial score (nSPS) is 21.1. The number of carbonyl (C=O) groups is 1. The average Bonchev–Trinajstić information content (AvgIpc) is 2.90. The van der Waals surface area contributed by atoms with E-state index < -0.39 is 5.97 Å². The number of carbonyl (C=O) groups excluding carboxylic acids is 1. The van der Waals surface area contributed by atoms with Crippen LogP contribution in [0.5, 0.6) is 0 Å². The molecule has 0 saturated carbocycles. The summed E-state index contributed by atoms with van der Waals surface area (Å²) in [5.41, 5.74) is 2.05. The Morgan fingerprint density at radius 2 is 1.90 bits per heavy atom. The number of cyclic esters (lactones) is 1. The highest BCUT2D eigenvalue weighted by Gasteiger charge is 2.29. The van der Waals surface area contributed by atoms with Gasteiger partial charge >= 0.3 is 5.97 Å². The van der Waals surface area contributed by atoms with Gasteiger partial charge in [-0.05, 0) is 19.1 Å². The molecule has 0 unspecified atom stereocenters. The maximum absolute atomic E-state index is 12.0. The van der Waals surface area contributed by atoms with Crippen LogP contribution >= 0.6 is 11.6 Å². The second-order valence-corrected chi connectivity index (χ2v) is 5.27. The van der Waals surface area contributed by atoms with E-state index in [-0.39, 0.29) is 5.70 Å². The van der Waals surface area contributed by atoms with Crippen LogP contribution in [0.3, 0.4) is 0 Å². The number of aryl methyl sites for hydroxylation is 1. The van der Waals surface area contributed by atoms with E-state index in [1.165, 1.54) is 0 Å². The van der Waals surface area contributed by atoms with Crippen LogP contribution in [-0.4, -0.2) is 43.1 Å². The third-order valence-corrected chi connectivity index (χ3v) is 3.80. The number of rotatable bonds is 2. The van der Waals surface area contributed by atoms with Crippen LogP contribution in [0.25, 0.3) is 0 Å². The summed E-state index contributed by atoms with van der Waals surface area (Å²) in [5, 5.41) is 0.324. The number of morpholine rings is 1. The topological polar surface area (TPSA) is 51.1 Å². The van der Waals surface area contributed by atoms with Crippen molar-refractivity contribution in [2.24, 2.45) is 4.99 Å². The third-order valence-electron chi connectivity index (χ3n) is 3.38. The summed E-state index contributed by atoms with van der Waals surface area (Å²) in [6.07, 6.45) is 0. The maximum atomic E-state index is 12.0. The van der Waals surface area contributed by atoms with Crippen LogP contribution < -0.4 is 0 Å². The van der Waals surface area contributed by atoms with Gasteiger partial charge in [-0.15, -0.1) is 0 Å². The molecule has 5 nitrogen and oxygen atoms in total. The van der Waals surface area contributed by atoms with Crippen molar-refractivity contribution < 1.29 is 14.3 Å². The molecule has 2 aliphatic rings. The Balaban J connectivity index is 1.89. The van der Waals surface area contributed by atoms with Crippen molar-refractivity contribution in [2.45, 2.75) is 6.92 Å². The lowest BCUT2D eigenvalue weighted by Gasteiger charge is -2.27. The molecule has 1 aromatic rings. The lowest BCUT2D eigenvalue weighted by atomic mass is 10.1. The Morgan fingerprint density at radius 3 is 2.57 bits per heavy atom. The minimum absolute atomic E-state index is 0.161. The molecule has 0 aliphatic carbocycles. The molecule has 0 radical (unpaired) electrons. The maximum Gasteiger partial charge on any atom is 0.366 e. The number of aliphatic imine (C=N–C) groups is 1. The summed E-state index contributed by atoms with van der Waals surface area (Å²) in [4.78, 5) is 18.1. The molecular weight excluding hydrogens is 292 g/mol. The molecule has 6 heteroatoms. The molecule has 0 aromatic heterocycles. The van der Waals surface area contributed by atoms with E-state index in [0.717, 1.165) is 11.1 Å². The fourth-order valence-corrected chi connectivity index (χ4v) is 2.45. The first kappa shape index (κ1) is 14.1. The first-order chi connectivity index (χ1) is 10.1. The van der Waals surface area contributed by atoms with Gasteiger partial charge in [-0.25, -0.2) is 9.79 Å². The molecule has 1 saturated heterocycles. The lowest BCUT2D eigenvalue weighted by Crippen LogP contribution is -2.35. The van der Waals surface area contributed by atoms with Crippen LogP contribution in [0.1, 0.15) is 11.1 Å². The molecule has 21 heavy (non-hydrogen) atoms. The standard InChI is InChI=1S/C15H15ClN2O3/c1-10-2-4-11(5-3-10)14-17-12(15(19)21-14)13(16)18-6-8-20-9-7-18/h2-5H,6-9H2,1H3. The highest BCUT2D eigenvalue weighted by Crippen LogP contribution is 2.24. The summed E-state index contributed by atoms with van der Waals surface area (Å²) in [5.74, 6) is -0.219. The Bertz CT molecular complexity index is 616. The Labute approximate surface area is 127 Å². The Morgan fingerprint density at radius 1 is 1.24 bits per heavy atom. The number of hydrogen-bond acceptors (Lipinski definition) is 5. The van der Waals surface area contributed by atoms with Crippen molar-refractivity contribution in [1.82, 2.24) is 4.90 Å². The summed E-state index contributed by atoms with van der Waals surface area (Å²) >= 11 is 6.28. The van der Waals surface area contributed by atoms with Gasteiger partial charge in [-0.1, -0.05) is 29.3 Å². The zero-order valence-corrected chi connectivity index (χ0v) is 12.4. The van der Waals surface area contributed by atoms with Crippen LogP contribution in [0.15, 0.2) is 40.1 Å². The van der Waals surface area contributed by atoms with Crippen LogP contribution in [0, 0.1) is 6.92 Å². The molecule has 0 atom stereocenters. The fraction of sp³-hybridized carbons (Fsp3) is 0.333. The van der Waals surface area contributed by atoms with Gasteiger partial charge in [-0.2, -0.15) is 0 Å². The number of hydrogen-bond donors (Lipinski definition) is 0. The first-order valence-electron chi connectivity index (χ1n) is 6.75. The Hall–Kier alpha value is -1.85. The van der Waals surface area contributed by atoms with Crippen LogP contribution in [-0.2, 0) is 14.3 Å². The smallest absolute Gasteiger partial charge is 0.366 e. The monoisotopic (exact) mass is 306 g/mol. The van der Waals surface area contributed by atoms with Crippen molar-refractivity contribution >= 4 is 23.5 Å². The molecular formula is C15H15ClN2O3. The first-order valence-corrected chi connectivity index (χ1v) is 7.13. The molecule has 0 amide bonds. The summed E-state index contributed by atoms with van der Waals surface area (Å²) in [6, 6.07) is 7.62. The summed E-state index contributed by atoms with van der Waals surface area (Å²) in [7, 11) is 0. The highest BCUT2D eigenvalue weighted by atomic mass is 35.5. The van der Waals surface area contributed by atoms with E-state index in [2.05, 4.69) is 4.99 Å². The van der Waals surface area contributed by atoms with Gasteiger partial charge in [0.1, 0.15) is 5.16 Å². The van der Waals surface area contributed by atoms with E-state index >= 15 is 0 Å². The van der Waals surface area contributed by atoms with Gasteiger partial charge in [0.15, 0.2) is 5.70 Å². The number of halogens is 1. The molecule has 0 N–H and O–H groups in total. The summed E-state index contributed by atoms with van der Waals surface area (Å²) < 4.78 is 10.5. The van der Waals surface area contributed by atoms with E-state index in [0.29, 0.717) is 37.4 Å². The molecule has 0 bridgehead atoms. The fourth-order valence-electron chi connectivity index (χ4n) is 2.17. The Kier molecular flexibility index (Phi) is 3.94. The minimum atomic E-state index is -0.512. The van der Waals surface area contributed by atoms with Crippen molar-refractivity contribution in [3.63, 3.8) is 0 Å². The van der Waals surface area contributed by atoms with Crippen molar-refractivity contribution in [3.8, 4) is 0 Å². The molecule has 1 fully saturated rings. The lowest BCUT2D eigenvalue weighted by molar-refractivity contribution is -0.130. The number of nitrogens with zero attached hydrogens (tertiary/aromatic N) is 2. The van der Waals surface area contributed by atoms with Gasteiger partial charge in [0.05, 0.1) is 13.2 Å². The average molecular weight is 307 g/mol. The van der Waals surface area contributed by atoms with E-state index in [4.69, 9.17) is 21.1 Å². The second kappa shape index (κ2) is 5.87. The second-order valence-electron chi connectivity index (χ2n) is 4.91. The molecule has 0 spiro atoms. The van der Waals surface area contributed by atoms with Gasteiger partial charge in [-0.3, -0.25) is 0 Å². The molecule has 3 rings (SSSR count). The van der Waals surface area contributed by atoms with Crippen molar-refractivity contribution in [2.75, 3.05) is 26.3 Å². The third kappa shape index (κ3) is 2.94. The zero-order chi connectivity index (χ0) is 14.8. The van der Waals surface area contributed by atoms with E-state index in [9.17, 15) is 4.79 Å². The van der Waals surface area contributed by atoms with Crippen LogP contribution in [0.4, 0.5) is 0 Å². The highest BCUT2D eigenvalue weighted by molar-refractivity contribution is 6.32. The number of benzene rings is 1. The SMILES string of the molecule is Cc1ccc(C2=NC(=C(Cl)N3CCOCC3)C(=O)O2)cc1. The quantitative estimate of drug-likeness (QED) is 0.477. The van der Waals surface area contributed by atoms with Crippen LogP contribution in [0.2, 0.25) is 0 Å². The van der Waals surface area contributed by atoms with Crippen molar-refractivity contribution in [3.05, 3.63) is 46.2 Å². The molecule has 110 valence electrons. The van der Waals surface area contributed by atoms with Gasteiger partial charge < -0.3 is 14.4 Å². The largest absolute Gasteiger partial charge is 0.402 e. The van der Waals surface area contributed by atoms with Crippen molar-refractivity contribution in [1.29, 1.82) is 0 Å². The van der Waals surface area contributed by atoms with E-state index in [1.54, 1.807) is 0 Å². The van der Waals surface area contributed by atoms with Gasteiger partial charge in [0.25, 0.3) is 0 Å². The molecule has 1 aromatic carbocycles. The predicted molar refractivity (Wildman–Crippen MR) is 79.1 cm³/mol. The predicted octanol–water partition coefficient (Wildman–Crippen LogP) is 2.04. The number of esters is 1.